The maximum absolute atomic E-state index is 9.42. The maximum Gasteiger partial charge on any atom is 0.101 e. The van der Waals surface area contributed by atoms with Crippen molar-refractivity contribution in [1.82, 2.24) is 4.98 Å². The number of nitrogens with zero attached hydrogens (tertiary/aromatic N) is 2. The van der Waals surface area contributed by atoms with Crippen LogP contribution in [-0.4, -0.2) is 18.2 Å². The molecule has 1 aromatic rings. The van der Waals surface area contributed by atoms with Crippen LogP contribution in [-0.2, 0) is 4.74 Å². The van der Waals surface area contributed by atoms with Gasteiger partial charge in [-0.1, -0.05) is 26.8 Å². The lowest BCUT2D eigenvalue weighted by Crippen LogP contribution is -2.57. The fraction of sp³-hybridized carbons (Fsp3) is 0.733. The van der Waals surface area contributed by atoms with E-state index in [0.29, 0.717) is 33.8 Å². The van der Waals surface area contributed by atoms with Crippen molar-refractivity contribution in [3.8, 4) is 6.07 Å². The Balaban J connectivity index is 1.25. The maximum atomic E-state index is 9.42. The summed E-state index contributed by atoms with van der Waals surface area (Å²) in [6.07, 6.45) is 17.9. The molecule has 5 fully saturated rings. The molecule has 0 bridgehead atoms. The van der Waals surface area contributed by atoms with Crippen molar-refractivity contribution in [2.24, 2.45) is 51.8 Å². The van der Waals surface area contributed by atoms with Crippen molar-refractivity contribution < 1.29 is 4.74 Å². The number of hydrogen-bond donors (Lipinski definition) is 0. The molecule has 10 atom stereocenters. The van der Waals surface area contributed by atoms with Gasteiger partial charge in [-0.05, 0) is 116 Å². The normalized spacial score (nSPS) is 48.5. The Morgan fingerprint density at radius 2 is 2.03 bits per heavy atom. The van der Waals surface area contributed by atoms with Crippen LogP contribution >= 0.6 is 0 Å². The van der Waals surface area contributed by atoms with Gasteiger partial charge in [0.1, 0.15) is 6.07 Å². The summed E-state index contributed by atoms with van der Waals surface area (Å²) >= 11 is 0. The molecule has 1 aromatic heterocycles. The average Bonchev–Trinajstić information content (AvgIpc) is 3.33. The van der Waals surface area contributed by atoms with Gasteiger partial charge in [0.05, 0.1) is 17.4 Å². The van der Waals surface area contributed by atoms with Crippen molar-refractivity contribution in [2.45, 2.75) is 78.2 Å². The van der Waals surface area contributed by atoms with Crippen molar-refractivity contribution in [2.75, 3.05) is 7.11 Å². The zero-order valence-electron chi connectivity index (χ0n) is 20.9. The lowest BCUT2D eigenvalue weighted by molar-refractivity contribution is -0.160. The number of ether oxygens (including phenoxy) is 1. The van der Waals surface area contributed by atoms with Gasteiger partial charge in [-0.15, -0.1) is 0 Å². The van der Waals surface area contributed by atoms with Crippen LogP contribution in [0.15, 0.2) is 24.4 Å². The van der Waals surface area contributed by atoms with Crippen molar-refractivity contribution >= 4 is 6.08 Å². The highest BCUT2D eigenvalue weighted by Gasteiger charge is 2.77. The van der Waals surface area contributed by atoms with Crippen LogP contribution < -0.4 is 0 Å². The van der Waals surface area contributed by atoms with Gasteiger partial charge < -0.3 is 4.74 Å². The first-order valence-corrected chi connectivity index (χ1v) is 13.4. The number of pyridine rings is 1. The number of rotatable bonds is 4. The van der Waals surface area contributed by atoms with E-state index >= 15 is 0 Å². The summed E-state index contributed by atoms with van der Waals surface area (Å²) in [5.74, 6) is 4.76. The second-order valence-corrected chi connectivity index (χ2v) is 12.7. The Labute approximate surface area is 200 Å². The van der Waals surface area contributed by atoms with Crippen molar-refractivity contribution in [1.29, 1.82) is 5.26 Å². The van der Waals surface area contributed by atoms with E-state index in [9.17, 15) is 5.26 Å². The minimum absolute atomic E-state index is 0.424. The lowest BCUT2D eigenvalue weighted by Gasteiger charge is -2.61. The summed E-state index contributed by atoms with van der Waals surface area (Å²) < 4.78 is 6.28. The molecule has 2 unspecified atom stereocenters. The fourth-order valence-corrected chi connectivity index (χ4v) is 10.5. The molecule has 3 heteroatoms. The van der Waals surface area contributed by atoms with E-state index in [0.717, 1.165) is 35.3 Å². The zero-order chi connectivity index (χ0) is 23.0. The van der Waals surface area contributed by atoms with Crippen molar-refractivity contribution in [3.05, 3.63) is 35.7 Å². The SMILES string of the molecule is COC1C[C@H]2[C@@H]3CC[C@H]([C@H](C)/C=C/c4ncccc4C#N)[C@@]3(C)CC[C@@H]2[C@@]2(C)CC[C@@H]3CC132. The summed E-state index contributed by atoms with van der Waals surface area (Å²) in [6, 6.07) is 5.99. The van der Waals surface area contributed by atoms with Gasteiger partial charge in [0.15, 0.2) is 0 Å². The molecular weight excluding hydrogens is 404 g/mol. The first-order valence-electron chi connectivity index (χ1n) is 13.4. The Morgan fingerprint density at radius 3 is 2.79 bits per heavy atom. The molecule has 5 aliphatic carbocycles. The van der Waals surface area contributed by atoms with Gasteiger partial charge in [-0.2, -0.15) is 5.26 Å². The largest absolute Gasteiger partial charge is 0.381 e. The lowest BCUT2D eigenvalue weighted by atomic mass is 9.45. The molecule has 1 heterocycles. The summed E-state index contributed by atoms with van der Waals surface area (Å²) in [6.45, 7) is 7.69. The summed E-state index contributed by atoms with van der Waals surface area (Å²) in [5, 5.41) is 9.42. The first-order chi connectivity index (χ1) is 15.9. The third-order valence-corrected chi connectivity index (χ3v) is 12.1. The number of aromatic nitrogens is 1. The van der Waals surface area contributed by atoms with Gasteiger partial charge in [0, 0.05) is 18.7 Å². The quantitative estimate of drug-likeness (QED) is 0.508. The average molecular weight is 445 g/mol. The second kappa shape index (κ2) is 7.42. The van der Waals surface area contributed by atoms with Crippen LogP contribution in [0.1, 0.15) is 83.4 Å². The predicted molar refractivity (Wildman–Crippen MR) is 131 cm³/mol. The number of nitriles is 1. The smallest absolute Gasteiger partial charge is 0.101 e. The molecular formula is C30H40N2O. The monoisotopic (exact) mass is 444 g/mol. The predicted octanol–water partition coefficient (Wildman–Crippen LogP) is 6.89. The Bertz CT molecular complexity index is 1010. The van der Waals surface area contributed by atoms with Gasteiger partial charge in [-0.25, -0.2) is 0 Å². The Kier molecular flexibility index (Phi) is 4.91. The van der Waals surface area contributed by atoms with Crippen LogP contribution in [0.4, 0.5) is 0 Å². The van der Waals surface area contributed by atoms with E-state index in [-0.39, 0.29) is 0 Å². The minimum Gasteiger partial charge on any atom is -0.381 e. The van der Waals surface area contributed by atoms with Crippen molar-refractivity contribution in [3.63, 3.8) is 0 Å². The molecule has 1 spiro atoms. The highest BCUT2D eigenvalue weighted by molar-refractivity contribution is 5.53. The van der Waals surface area contributed by atoms with Gasteiger partial charge in [-0.3, -0.25) is 4.98 Å². The van der Waals surface area contributed by atoms with Crippen LogP contribution in [0.3, 0.4) is 0 Å². The molecule has 33 heavy (non-hydrogen) atoms. The molecule has 3 nitrogen and oxygen atoms in total. The topological polar surface area (TPSA) is 45.9 Å². The third-order valence-electron chi connectivity index (χ3n) is 12.1. The zero-order valence-corrected chi connectivity index (χ0v) is 20.9. The molecule has 0 saturated heterocycles. The molecule has 0 amide bonds. The number of fused-ring (bicyclic) bond motifs is 4. The van der Waals surface area contributed by atoms with Gasteiger partial charge in [0.2, 0.25) is 0 Å². The molecule has 176 valence electrons. The Morgan fingerprint density at radius 1 is 1.18 bits per heavy atom. The number of methoxy groups -OCH3 is 1. The van der Waals surface area contributed by atoms with Gasteiger partial charge >= 0.3 is 0 Å². The van der Waals surface area contributed by atoms with Gasteiger partial charge in [0.25, 0.3) is 0 Å². The molecule has 0 radical (unpaired) electrons. The molecule has 0 aromatic carbocycles. The first kappa shape index (κ1) is 21.8. The summed E-state index contributed by atoms with van der Waals surface area (Å²) in [4.78, 5) is 4.44. The second-order valence-electron chi connectivity index (χ2n) is 12.7. The van der Waals surface area contributed by atoms with E-state index in [4.69, 9.17) is 4.74 Å². The summed E-state index contributed by atoms with van der Waals surface area (Å²) in [5.41, 5.74) is 2.93. The molecule has 0 N–H and O–H groups in total. The van der Waals surface area contributed by atoms with E-state index < -0.39 is 0 Å². The van der Waals surface area contributed by atoms with Crippen LogP contribution in [0.25, 0.3) is 6.08 Å². The number of allylic oxidation sites excluding steroid dienone is 1. The highest BCUT2D eigenvalue weighted by Crippen LogP contribution is 2.82. The highest BCUT2D eigenvalue weighted by atomic mass is 16.5. The summed E-state index contributed by atoms with van der Waals surface area (Å²) in [7, 11) is 1.99. The number of hydrogen-bond acceptors (Lipinski definition) is 3. The van der Waals surface area contributed by atoms with E-state index in [1.54, 1.807) is 6.20 Å². The molecule has 6 rings (SSSR count). The minimum atomic E-state index is 0.424. The fourth-order valence-electron chi connectivity index (χ4n) is 10.5. The molecule has 5 aliphatic rings. The molecule has 0 aliphatic heterocycles. The molecule has 5 saturated carbocycles. The third kappa shape index (κ3) is 2.80. The Hall–Kier alpha value is -1.66. The van der Waals surface area contributed by atoms with E-state index in [1.807, 2.05) is 19.2 Å². The van der Waals surface area contributed by atoms with Crippen LogP contribution in [0, 0.1) is 63.1 Å². The van der Waals surface area contributed by atoms with E-state index in [2.05, 4.69) is 44.0 Å². The van der Waals surface area contributed by atoms with E-state index in [1.165, 1.54) is 51.4 Å². The van der Waals surface area contributed by atoms with Crippen LogP contribution in [0.5, 0.6) is 0 Å². The van der Waals surface area contributed by atoms with Crippen LogP contribution in [0.2, 0.25) is 0 Å². The standard InChI is InChI=1S/C30H40N2O/c1-19(7-10-26-20(18-31)6-5-15-32-26)23-8-9-24-22-16-27(33-4)30-17-21(30)11-14-29(30,3)25(22)12-13-28(23,24)2/h5-7,10,15,19,21-25,27H,8-9,11-14,16-17H2,1-4H3/b10-7+/t19-,21-,22+,23-,24+,25+,27?,28-,29-,30?/m1/s1.